The summed E-state index contributed by atoms with van der Waals surface area (Å²) in [5.41, 5.74) is 14.1. The second kappa shape index (κ2) is 11.9. The lowest BCUT2D eigenvalue weighted by Gasteiger charge is -2.10. The molecule has 3 heterocycles. The highest BCUT2D eigenvalue weighted by molar-refractivity contribution is 7.21. The minimum Gasteiger partial charge on any atom is -0.309 e. The molecule has 0 aliphatic heterocycles. The number of hydrogen-bond donors (Lipinski definition) is 0. The fourth-order valence-corrected chi connectivity index (χ4v) is 9.05. The van der Waals surface area contributed by atoms with Gasteiger partial charge in [0.05, 0.1) is 32.3 Å². The molecule has 53 heavy (non-hydrogen) atoms. The van der Waals surface area contributed by atoms with Crippen LogP contribution in [-0.2, 0) is 0 Å². The summed E-state index contributed by atoms with van der Waals surface area (Å²) in [5.74, 6) is 0. The fourth-order valence-electron chi connectivity index (χ4n) is 8.09. The summed E-state index contributed by atoms with van der Waals surface area (Å²) >= 11 is 1.74. The van der Waals surface area contributed by atoms with Gasteiger partial charge in [0.15, 0.2) is 0 Å². The highest BCUT2D eigenvalue weighted by Gasteiger charge is 2.16. The Morgan fingerprint density at radius 2 is 0.849 bits per heavy atom. The molecule has 11 rings (SSSR count). The SMILES string of the molecule is c1ccc(-n2c3ccccc3c3cc(-c4cccc(-c5ccc6c(c5)c5ccccc5n6-c5cccc(-c6nc7ccccc7s6)c5)c4)ccc32)cc1. The van der Waals surface area contributed by atoms with E-state index in [1.54, 1.807) is 11.3 Å². The van der Waals surface area contributed by atoms with E-state index in [4.69, 9.17) is 4.98 Å². The third-order valence-electron chi connectivity index (χ3n) is 10.5. The van der Waals surface area contributed by atoms with Gasteiger partial charge in [0.2, 0.25) is 0 Å². The van der Waals surface area contributed by atoms with Crippen LogP contribution in [0.5, 0.6) is 0 Å². The van der Waals surface area contributed by atoms with Gasteiger partial charge in [-0.2, -0.15) is 0 Å². The van der Waals surface area contributed by atoms with Gasteiger partial charge in [-0.1, -0.05) is 109 Å². The zero-order valence-electron chi connectivity index (χ0n) is 28.6. The Balaban J connectivity index is 1.01. The molecule has 0 N–H and O–H groups in total. The van der Waals surface area contributed by atoms with Gasteiger partial charge in [-0.3, -0.25) is 0 Å². The van der Waals surface area contributed by atoms with Gasteiger partial charge in [0, 0.05) is 38.5 Å². The van der Waals surface area contributed by atoms with E-state index < -0.39 is 0 Å². The van der Waals surface area contributed by atoms with E-state index in [2.05, 4.69) is 197 Å². The van der Waals surface area contributed by atoms with E-state index in [1.807, 2.05) is 0 Å². The summed E-state index contributed by atoms with van der Waals surface area (Å²) in [4.78, 5) is 4.95. The summed E-state index contributed by atoms with van der Waals surface area (Å²) in [7, 11) is 0. The van der Waals surface area contributed by atoms with Crippen molar-refractivity contribution in [3.63, 3.8) is 0 Å². The molecule has 0 spiro atoms. The van der Waals surface area contributed by atoms with Crippen molar-refractivity contribution in [3.8, 4) is 44.2 Å². The molecule has 0 fully saturated rings. The van der Waals surface area contributed by atoms with Gasteiger partial charge >= 0.3 is 0 Å². The number of benzene rings is 8. The lowest BCUT2D eigenvalue weighted by atomic mass is 9.97. The van der Waals surface area contributed by atoms with Crippen LogP contribution in [0.1, 0.15) is 0 Å². The minimum atomic E-state index is 1.04. The highest BCUT2D eigenvalue weighted by Crippen LogP contribution is 2.39. The van der Waals surface area contributed by atoms with Gasteiger partial charge in [-0.15, -0.1) is 11.3 Å². The zero-order chi connectivity index (χ0) is 34.9. The van der Waals surface area contributed by atoms with Crippen LogP contribution in [0.15, 0.2) is 188 Å². The standard InChI is InChI=1S/C49H31N3S/c1-2-15-37(16-3-1)51-44-21-7-4-18-39(44)41-30-34(24-26-46(41)51)32-12-10-13-33(28-32)35-25-27-47-42(31-35)40-19-5-8-22-45(40)52(47)38-17-11-14-36(29-38)49-50-43-20-6-9-23-48(43)53-49/h1-31H. The van der Waals surface area contributed by atoms with Crippen LogP contribution >= 0.6 is 11.3 Å². The van der Waals surface area contributed by atoms with Crippen molar-refractivity contribution in [1.29, 1.82) is 0 Å². The lowest BCUT2D eigenvalue weighted by molar-refractivity contribution is 1.18. The van der Waals surface area contributed by atoms with Gasteiger partial charge in [0.25, 0.3) is 0 Å². The van der Waals surface area contributed by atoms with Crippen LogP contribution in [-0.4, -0.2) is 14.1 Å². The molecule has 248 valence electrons. The average Bonchev–Trinajstić information content (AvgIpc) is 3.91. The van der Waals surface area contributed by atoms with Crippen molar-refractivity contribution < 1.29 is 0 Å². The molecular weight excluding hydrogens is 663 g/mol. The van der Waals surface area contributed by atoms with Crippen LogP contribution in [0.3, 0.4) is 0 Å². The number of fused-ring (bicyclic) bond motifs is 7. The number of nitrogens with zero attached hydrogens (tertiary/aromatic N) is 3. The smallest absolute Gasteiger partial charge is 0.124 e. The van der Waals surface area contributed by atoms with Crippen molar-refractivity contribution in [1.82, 2.24) is 14.1 Å². The molecular formula is C49H31N3S. The van der Waals surface area contributed by atoms with E-state index >= 15 is 0 Å². The summed E-state index contributed by atoms with van der Waals surface area (Å²) in [6.45, 7) is 0. The maximum Gasteiger partial charge on any atom is 0.124 e. The zero-order valence-corrected chi connectivity index (χ0v) is 29.5. The predicted molar refractivity (Wildman–Crippen MR) is 225 cm³/mol. The third kappa shape index (κ3) is 4.84. The molecule has 8 aromatic carbocycles. The molecule has 0 atom stereocenters. The Labute approximate surface area is 310 Å². The first-order valence-corrected chi connectivity index (χ1v) is 18.8. The molecule has 0 unspecified atom stereocenters. The average molecular weight is 694 g/mol. The summed E-state index contributed by atoms with van der Waals surface area (Å²) in [5, 5.41) is 6.04. The van der Waals surface area contributed by atoms with E-state index in [0.29, 0.717) is 0 Å². The van der Waals surface area contributed by atoms with E-state index in [9.17, 15) is 0 Å². The van der Waals surface area contributed by atoms with Gasteiger partial charge in [-0.05, 0) is 101 Å². The number of rotatable bonds is 5. The minimum absolute atomic E-state index is 1.04. The number of aromatic nitrogens is 3. The maximum absolute atomic E-state index is 4.95. The monoisotopic (exact) mass is 693 g/mol. The normalized spacial score (nSPS) is 11.8. The molecule has 0 aliphatic carbocycles. The number of thiazole rings is 1. The number of para-hydroxylation sites is 4. The van der Waals surface area contributed by atoms with Crippen LogP contribution in [0.4, 0.5) is 0 Å². The molecule has 0 bridgehead atoms. The predicted octanol–water partition coefficient (Wildman–Crippen LogP) is 13.5. The Hall–Kier alpha value is -6.75. The van der Waals surface area contributed by atoms with E-state index in [0.717, 1.165) is 21.8 Å². The molecule has 0 radical (unpaired) electrons. The Morgan fingerprint density at radius 1 is 0.340 bits per heavy atom. The van der Waals surface area contributed by atoms with Crippen molar-refractivity contribution in [3.05, 3.63) is 188 Å². The van der Waals surface area contributed by atoms with Crippen molar-refractivity contribution in [2.45, 2.75) is 0 Å². The molecule has 3 aromatic heterocycles. The highest BCUT2D eigenvalue weighted by atomic mass is 32.1. The van der Waals surface area contributed by atoms with Crippen LogP contribution in [0.2, 0.25) is 0 Å². The molecule has 0 aliphatic rings. The second-order valence-corrected chi connectivity index (χ2v) is 14.7. The van der Waals surface area contributed by atoms with Gasteiger partial charge in [0.1, 0.15) is 5.01 Å². The molecule has 0 saturated heterocycles. The van der Waals surface area contributed by atoms with Crippen molar-refractivity contribution >= 4 is 65.2 Å². The van der Waals surface area contributed by atoms with E-state index in [1.165, 1.54) is 76.3 Å². The number of hydrogen-bond acceptors (Lipinski definition) is 2. The second-order valence-electron chi connectivity index (χ2n) is 13.6. The fraction of sp³-hybridized carbons (Fsp3) is 0. The molecule has 0 saturated carbocycles. The van der Waals surface area contributed by atoms with Crippen LogP contribution in [0, 0.1) is 0 Å². The first kappa shape index (κ1) is 29.9. The molecule has 3 nitrogen and oxygen atoms in total. The third-order valence-corrected chi connectivity index (χ3v) is 11.6. The Kier molecular flexibility index (Phi) is 6.73. The summed E-state index contributed by atoms with van der Waals surface area (Å²) < 4.78 is 5.97. The quantitative estimate of drug-likeness (QED) is 0.176. The molecule has 0 amide bonds. The topological polar surface area (TPSA) is 22.8 Å². The van der Waals surface area contributed by atoms with Crippen molar-refractivity contribution in [2.24, 2.45) is 0 Å². The largest absolute Gasteiger partial charge is 0.309 e. The molecule has 4 heteroatoms. The summed E-state index contributed by atoms with van der Waals surface area (Å²) in [6.07, 6.45) is 0. The summed E-state index contributed by atoms with van der Waals surface area (Å²) in [6, 6.07) is 68.0. The van der Waals surface area contributed by atoms with Crippen LogP contribution in [0.25, 0.3) is 98.0 Å². The first-order chi connectivity index (χ1) is 26.3. The van der Waals surface area contributed by atoms with Gasteiger partial charge < -0.3 is 9.13 Å². The van der Waals surface area contributed by atoms with E-state index in [-0.39, 0.29) is 0 Å². The van der Waals surface area contributed by atoms with Crippen LogP contribution < -0.4 is 0 Å². The van der Waals surface area contributed by atoms with Gasteiger partial charge in [-0.25, -0.2) is 4.98 Å². The molecule has 11 aromatic rings. The first-order valence-electron chi connectivity index (χ1n) is 18.0. The lowest BCUT2D eigenvalue weighted by Crippen LogP contribution is -1.94. The Morgan fingerprint density at radius 3 is 1.53 bits per heavy atom. The Bertz CT molecular complexity index is 3150. The van der Waals surface area contributed by atoms with Crippen molar-refractivity contribution in [2.75, 3.05) is 0 Å². The maximum atomic E-state index is 4.95.